The minimum Gasteiger partial charge on any atom is -0.346 e. The van der Waals surface area contributed by atoms with E-state index in [2.05, 4.69) is 42.8 Å². The largest absolute Gasteiger partial charge is 0.346 e. The number of nitrogens with one attached hydrogen (secondary N) is 1. The second kappa shape index (κ2) is 5.99. The first kappa shape index (κ1) is 16.3. The van der Waals surface area contributed by atoms with E-state index in [0.29, 0.717) is 6.04 Å². The van der Waals surface area contributed by atoms with Gasteiger partial charge in [-0.05, 0) is 65.7 Å². The van der Waals surface area contributed by atoms with Gasteiger partial charge in [0.2, 0.25) is 0 Å². The van der Waals surface area contributed by atoms with E-state index in [1.54, 1.807) is 0 Å². The van der Waals surface area contributed by atoms with E-state index in [4.69, 9.17) is 0 Å². The van der Waals surface area contributed by atoms with E-state index in [1.165, 1.54) is 5.56 Å². The van der Waals surface area contributed by atoms with Crippen molar-refractivity contribution >= 4 is 11.6 Å². The monoisotopic (exact) mass is 298 g/mol. The van der Waals surface area contributed by atoms with E-state index in [-0.39, 0.29) is 5.91 Å². The van der Waals surface area contributed by atoms with E-state index < -0.39 is 0 Å². The summed E-state index contributed by atoms with van der Waals surface area (Å²) in [5.41, 5.74) is 7.23. The van der Waals surface area contributed by atoms with Gasteiger partial charge in [0.1, 0.15) is 0 Å². The first-order chi connectivity index (χ1) is 10.2. The van der Waals surface area contributed by atoms with Gasteiger partial charge in [0.25, 0.3) is 5.91 Å². The molecule has 0 aliphatic rings. The third-order valence-electron chi connectivity index (χ3n) is 4.16. The van der Waals surface area contributed by atoms with Crippen LogP contribution in [0.25, 0.3) is 0 Å². The van der Waals surface area contributed by atoms with E-state index >= 15 is 0 Å². The van der Waals surface area contributed by atoms with Crippen molar-refractivity contribution in [2.45, 2.75) is 54.5 Å². The molecule has 1 amide bonds. The average Bonchev–Trinajstić information content (AvgIpc) is 2.69. The second-order valence-electron chi connectivity index (χ2n) is 6.48. The summed E-state index contributed by atoms with van der Waals surface area (Å²) in [5, 5.41) is 3.09. The smallest absolute Gasteiger partial charge is 0.257 e. The minimum atomic E-state index is -0.0324. The van der Waals surface area contributed by atoms with Crippen LogP contribution in [0, 0.1) is 34.6 Å². The Morgan fingerprint density at radius 3 is 2.00 bits per heavy atom. The number of benzene rings is 1. The van der Waals surface area contributed by atoms with Crippen LogP contribution in [-0.2, 0) is 0 Å². The Morgan fingerprint density at radius 1 is 1.00 bits per heavy atom. The van der Waals surface area contributed by atoms with E-state index in [0.717, 1.165) is 33.8 Å². The number of aromatic nitrogens is 1. The van der Waals surface area contributed by atoms with E-state index in [1.807, 2.05) is 33.8 Å². The van der Waals surface area contributed by atoms with Crippen molar-refractivity contribution in [3.8, 4) is 0 Å². The fourth-order valence-electron chi connectivity index (χ4n) is 3.36. The normalized spacial score (nSPS) is 11.1. The van der Waals surface area contributed by atoms with Crippen LogP contribution in [0.3, 0.4) is 0 Å². The molecular weight excluding hydrogens is 272 g/mol. The standard InChI is InChI=1S/C19H26N2O/c1-11(2)21-15(6)10-17(16(21)7)19(22)20-18-13(4)8-12(3)9-14(18)5/h8-11H,1-7H3,(H,20,22). The van der Waals surface area contributed by atoms with Crippen molar-refractivity contribution in [1.82, 2.24) is 4.57 Å². The van der Waals surface area contributed by atoms with Gasteiger partial charge in [0.05, 0.1) is 5.56 Å². The molecule has 3 nitrogen and oxygen atoms in total. The quantitative estimate of drug-likeness (QED) is 0.862. The summed E-state index contributed by atoms with van der Waals surface area (Å²) in [6, 6.07) is 6.52. The summed E-state index contributed by atoms with van der Waals surface area (Å²) in [5.74, 6) is -0.0324. The molecule has 1 aromatic heterocycles. The van der Waals surface area contributed by atoms with Crippen molar-refractivity contribution in [2.24, 2.45) is 0 Å². The molecule has 1 N–H and O–H groups in total. The lowest BCUT2D eigenvalue weighted by Gasteiger charge is -2.15. The Balaban J connectivity index is 2.37. The lowest BCUT2D eigenvalue weighted by atomic mass is 10.0. The number of rotatable bonds is 3. The Bertz CT molecular complexity index is 700. The zero-order chi connectivity index (χ0) is 16.6. The van der Waals surface area contributed by atoms with Crippen molar-refractivity contribution < 1.29 is 4.79 Å². The van der Waals surface area contributed by atoms with Gasteiger partial charge in [-0.3, -0.25) is 4.79 Å². The summed E-state index contributed by atoms with van der Waals surface area (Å²) in [4.78, 5) is 12.7. The van der Waals surface area contributed by atoms with Gasteiger partial charge in [-0.1, -0.05) is 17.7 Å². The lowest BCUT2D eigenvalue weighted by Crippen LogP contribution is -2.15. The molecule has 0 saturated carbocycles. The molecule has 2 rings (SSSR count). The third kappa shape index (κ3) is 2.94. The van der Waals surface area contributed by atoms with Crippen molar-refractivity contribution in [3.63, 3.8) is 0 Å². The predicted molar refractivity (Wildman–Crippen MR) is 92.9 cm³/mol. The van der Waals surface area contributed by atoms with Crippen LogP contribution in [0.4, 0.5) is 5.69 Å². The number of hydrogen-bond donors (Lipinski definition) is 1. The predicted octanol–water partition coefficient (Wildman–Crippen LogP) is 4.86. The average molecular weight is 298 g/mol. The molecule has 1 heterocycles. The Labute approximate surface area is 133 Å². The maximum Gasteiger partial charge on any atom is 0.257 e. The summed E-state index contributed by atoms with van der Waals surface area (Å²) in [6.07, 6.45) is 0. The maximum atomic E-state index is 12.7. The highest BCUT2D eigenvalue weighted by atomic mass is 16.1. The SMILES string of the molecule is Cc1cc(C)c(NC(=O)c2cc(C)n(C(C)C)c2C)c(C)c1. The summed E-state index contributed by atoms with van der Waals surface area (Å²) >= 11 is 0. The molecule has 0 unspecified atom stereocenters. The molecule has 0 saturated heterocycles. The van der Waals surface area contributed by atoms with E-state index in [9.17, 15) is 4.79 Å². The van der Waals surface area contributed by atoms with Crippen molar-refractivity contribution in [1.29, 1.82) is 0 Å². The number of hydrogen-bond acceptors (Lipinski definition) is 1. The summed E-state index contributed by atoms with van der Waals surface area (Å²) in [6.45, 7) is 14.5. The van der Waals surface area contributed by atoms with Gasteiger partial charge in [-0.2, -0.15) is 0 Å². The second-order valence-corrected chi connectivity index (χ2v) is 6.48. The molecule has 1 aromatic carbocycles. The molecule has 0 spiro atoms. The highest BCUT2D eigenvalue weighted by molar-refractivity contribution is 6.06. The van der Waals surface area contributed by atoms with Gasteiger partial charge in [-0.25, -0.2) is 0 Å². The van der Waals surface area contributed by atoms with Gasteiger partial charge >= 0.3 is 0 Å². The molecule has 0 fully saturated rings. The molecule has 0 atom stereocenters. The fourth-order valence-corrected chi connectivity index (χ4v) is 3.36. The number of aryl methyl sites for hydroxylation is 4. The topological polar surface area (TPSA) is 34.0 Å². The lowest BCUT2D eigenvalue weighted by molar-refractivity contribution is 0.102. The zero-order valence-electron chi connectivity index (χ0n) is 14.7. The van der Waals surface area contributed by atoms with Gasteiger partial charge < -0.3 is 9.88 Å². The number of carbonyl (C=O) groups is 1. The third-order valence-corrected chi connectivity index (χ3v) is 4.16. The Kier molecular flexibility index (Phi) is 4.45. The number of nitrogens with zero attached hydrogens (tertiary/aromatic N) is 1. The Morgan fingerprint density at radius 2 is 1.55 bits per heavy atom. The highest BCUT2D eigenvalue weighted by Crippen LogP contribution is 2.25. The first-order valence-electron chi connectivity index (χ1n) is 7.80. The van der Waals surface area contributed by atoms with Crippen molar-refractivity contribution in [2.75, 3.05) is 5.32 Å². The van der Waals surface area contributed by atoms with Gasteiger partial charge in [0.15, 0.2) is 0 Å². The van der Waals surface area contributed by atoms with Crippen LogP contribution >= 0.6 is 0 Å². The van der Waals surface area contributed by atoms with Crippen LogP contribution in [0.2, 0.25) is 0 Å². The molecular formula is C19H26N2O. The zero-order valence-corrected chi connectivity index (χ0v) is 14.7. The molecule has 0 aliphatic heterocycles. The summed E-state index contributed by atoms with van der Waals surface area (Å²) < 4.78 is 2.20. The van der Waals surface area contributed by atoms with Gasteiger partial charge in [0, 0.05) is 23.1 Å². The van der Waals surface area contributed by atoms with Crippen LogP contribution < -0.4 is 5.32 Å². The molecule has 3 heteroatoms. The van der Waals surface area contributed by atoms with Crippen LogP contribution in [0.15, 0.2) is 18.2 Å². The first-order valence-corrected chi connectivity index (χ1v) is 7.80. The number of anilines is 1. The van der Waals surface area contributed by atoms with Crippen LogP contribution in [-0.4, -0.2) is 10.5 Å². The molecule has 0 bridgehead atoms. The minimum absolute atomic E-state index is 0.0324. The maximum absolute atomic E-state index is 12.7. The molecule has 0 aliphatic carbocycles. The molecule has 0 radical (unpaired) electrons. The highest BCUT2D eigenvalue weighted by Gasteiger charge is 2.18. The molecule has 2 aromatic rings. The fraction of sp³-hybridized carbons (Fsp3) is 0.421. The van der Waals surface area contributed by atoms with Gasteiger partial charge in [-0.15, -0.1) is 0 Å². The number of carbonyl (C=O) groups excluding carboxylic acids is 1. The Hall–Kier alpha value is -2.03. The summed E-state index contributed by atoms with van der Waals surface area (Å²) in [7, 11) is 0. The van der Waals surface area contributed by atoms with Crippen LogP contribution in [0.5, 0.6) is 0 Å². The molecule has 118 valence electrons. The number of amides is 1. The van der Waals surface area contributed by atoms with Crippen molar-refractivity contribution in [3.05, 3.63) is 51.8 Å². The molecule has 22 heavy (non-hydrogen) atoms. The van der Waals surface area contributed by atoms with Crippen LogP contribution in [0.1, 0.15) is 58.3 Å².